The summed E-state index contributed by atoms with van der Waals surface area (Å²) >= 11 is 0. The van der Waals surface area contributed by atoms with Crippen LogP contribution in [-0.4, -0.2) is 18.1 Å². The Morgan fingerprint density at radius 2 is 1.65 bits per heavy atom. The largest absolute Gasteiger partial charge is 0.433 e. The zero-order valence-electron chi connectivity index (χ0n) is 9.50. The van der Waals surface area contributed by atoms with Gasteiger partial charge in [0.15, 0.2) is 0 Å². The Hall–Kier alpha value is -1.26. The lowest BCUT2D eigenvalue weighted by Gasteiger charge is -2.22. The lowest BCUT2D eigenvalue weighted by Crippen LogP contribution is -2.24. The molecule has 0 bridgehead atoms. The number of anilines is 1. The number of hydrogen-bond acceptors (Lipinski definition) is 2. The maximum absolute atomic E-state index is 12.4. The molecule has 1 aliphatic heterocycles. The molecule has 0 radical (unpaired) electrons. The fourth-order valence-corrected chi connectivity index (χ4v) is 2.07. The molecule has 0 amide bonds. The van der Waals surface area contributed by atoms with Crippen LogP contribution in [0.3, 0.4) is 0 Å². The van der Waals surface area contributed by atoms with Crippen molar-refractivity contribution in [1.29, 1.82) is 0 Å². The zero-order chi connectivity index (χ0) is 12.3. The summed E-state index contributed by atoms with van der Waals surface area (Å²) in [4.78, 5) is 5.60. The summed E-state index contributed by atoms with van der Waals surface area (Å²) in [5.74, 6) is 0. The van der Waals surface area contributed by atoms with Gasteiger partial charge in [-0.3, -0.25) is 0 Å². The Kier molecular flexibility index (Phi) is 3.54. The Bertz CT molecular complexity index is 351. The number of nitrogens with zero attached hydrogens (tertiary/aromatic N) is 2. The first-order valence-electron chi connectivity index (χ1n) is 5.85. The number of aromatic nitrogens is 1. The van der Waals surface area contributed by atoms with E-state index < -0.39 is 11.9 Å². The third kappa shape index (κ3) is 3.11. The first-order chi connectivity index (χ1) is 8.07. The molecule has 2 nitrogen and oxygen atoms in total. The van der Waals surface area contributed by atoms with Gasteiger partial charge in [0.1, 0.15) is 5.69 Å². The molecule has 1 aromatic rings. The average Bonchev–Trinajstić information content (AvgIpc) is 2.56. The third-order valence-corrected chi connectivity index (χ3v) is 3.01. The standard InChI is InChI=1S/C12H15F3N2/c13-12(14,15)11-6-5-10(9-16-11)17-7-3-1-2-4-8-17/h5-6,9H,1-4,7-8H2. The van der Waals surface area contributed by atoms with Gasteiger partial charge in [-0.05, 0) is 25.0 Å². The van der Waals surface area contributed by atoms with Crippen LogP contribution in [0, 0.1) is 0 Å². The molecular weight excluding hydrogens is 229 g/mol. The highest BCUT2D eigenvalue weighted by Gasteiger charge is 2.32. The lowest BCUT2D eigenvalue weighted by molar-refractivity contribution is -0.141. The Morgan fingerprint density at radius 3 is 2.12 bits per heavy atom. The molecule has 0 N–H and O–H groups in total. The molecule has 1 fully saturated rings. The summed E-state index contributed by atoms with van der Waals surface area (Å²) in [7, 11) is 0. The van der Waals surface area contributed by atoms with Crippen LogP contribution in [0.25, 0.3) is 0 Å². The maximum atomic E-state index is 12.4. The molecule has 0 aliphatic carbocycles. The zero-order valence-corrected chi connectivity index (χ0v) is 9.50. The van der Waals surface area contributed by atoms with Crippen LogP contribution >= 0.6 is 0 Å². The SMILES string of the molecule is FC(F)(F)c1ccc(N2CCCCCC2)cn1. The van der Waals surface area contributed by atoms with Crippen molar-refractivity contribution in [1.82, 2.24) is 4.98 Å². The van der Waals surface area contributed by atoms with Gasteiger partial charge in [-0.25, -0.2) is 4.98 Å². The minimum Gasteiger partial charge on any atom is -0.370 e. The van der Waals surface area contributed by atoms with Crippen LogP contribution in [0.15, 0.2) is 18.3 Å². The summed E-state index contributed by atoms with van der Waals surface area (Å²) in [6.45, 7) is 1.82. The number of alkyl halides is 3. The van der Waals surface area contributed by atoms with Crippen LogP contribution in [0.1, 0.15) is 31.4 Å². The summed E-state index contributed by atoms with van der Waals surface area (Å²) in [6.07, 6.45) is 1.57. The van der Waals surface area contributed by atoms with Crippen molar-refractivity contribution in [3.05, 3.63) is 24.0 Å². The number of rotatable bonds is 1. The highest BCUT2D eigenvalue weighted by molar-refractivity contribution is 5.44. The molecule has 1 aliphatic rings. The van der Waals surface area contributed by atoms with E-state index in [9.17, 15) is 13.2 Å². The van der Waals surface area contributed by atoms with Gasteiger partial charge in [-0.2, -0.15) is 13.2 Å². The molecule has 0 saturated carbocycles. The highest BCUT2D eigenvalue weighted by Crippen LogP contribution is 2.28. The van der Waals surface area contributed by atoms with Gasteiger partial charge in [0.05, 0.1) is 11.9 Å². The predicted molar refractivity (Wildman–Crippen MR) is 59.9 cm³/mol. The first-order valence-corrected chi connectivity index (χ1v) is 5.85. The van der Waals surface area contributed by atoms with Crippen molar-refractivity contribution in [3.63, 3.8) is 0 Å². The first kappa shape index (κ1) is 12.2. The molecule has 2 rings (SSSR count). The quantitative estimate of drug-likeness (QED) is 0.751. The van der Waals surface area contributed by atoms with Crippen LogP contribution in [0.2, 0.25) is 0 Å². The summed E-state index contributed by atoms with van der Waals surface area (Å²) in [6, 6.07) is 2.57. The number of pyridine rings is 1. The molecule has 2 heterocycles. The Balaban J connectivity index is 2.11. The van der Waals surface area contributed by atoms with E-state index in [0.717, 1.165) is 37.7 Å². The van der Waals surface area contributed by atoms with E-state index in [4.69, 9.17) is 0 Å². The fourth-order valence-electron chi connectivity index (χ4n) is 2.07. The van der Waals surface area contributed by atoms with Gasteiger partial charge in [-0.1, -0.05) is 12.8 Å². The summed E-state index contributed by atoms with van der Waals surface area (Å²) in [5.41, 5.74) is -0.0315. The van der Waals surface area contributed by atoms with Gasteiger partial charge >= 0.3 is 6.18 Å². The van der Waals surface area contributed by atoms with Crippen molar-refractivity contribution >= 4 is 5.69 Å². The Morgan fingerprint density at radius 1 is 1.00 bits per heavy atom. The molecule has 0 spiro atoms. The number of halogens is 3. The van der Waals surface area contributed by atoms with Crippen LogP contribution in [0.5, 0.6) is 0 Å². The molecule has 1 saturated heterocycles. The predicted octanol–water partition coefficient (Wildman–Crippen LogP) is 3.48. The van der Waals surface area contributed by atoms with E-state index in [-0.39, 0.29) is 0 Å². The van der Waals surface area contributed by atoms with E-state index in [1.165, 1.54) is 25.1 Å². The molecule has 5 heteroatoms. The minimum absolute atomic E-state index is 0.792. The molecule has 0 aromatic carbocycles. The molecule has 0 atom stereocenters. The van der Waals surface area contributed by atoms with Gasteiger partial charge < -0.3 is 4.90 Å². The van der Waals surface area contributed by atoms with Gasteiger partial charge in [0.25, 0.3) is 0 Å². The van der Waals surface area contributed by atoms with E-state index in [2.05, 4.69) is 9.88 Å². The second-order valence-corrected chi connectivity index (χ2v) is 4.30. The van der Waals surface area contributed by atoms with Gasteiger partial charge in [0.2, 0.25) is 0 Å². The van der Waals surface area contributed by atoms with E-state index in [1.54, 1.807) is 0 Å². The van der Waals surface area contributed by atoms with Crippen LogP contribution in [0.4, 0.5) is 18.9 Å². The second-order valence-electron chi connectivity index (χ2n) is 4.30. The molecule has 0 unspecified atom stereocenters. The lowest BCUT2D eigenvalue weighted by atomic mass is 10.2. The van der Waals surface area contributed by atoms with E-state index in [0.29, 0.717) is 0 Å². The van der Waals surface area contributed by atoms with Crippen LogP contribution < -0.4 is 4.90 Å². The van der Waals surface area contributed by atoms with E-state index >= 15 is 0 Å². The summed E-state index contributed by atoms with van der Waals surface area (Å²) < 4.78 is 37.1. The smallest absolute Gasteiger partial charge is 0.370 e. The maximum Gasteiger partial charge on any atom is 0.433 e. The molecule has 94 valence electrons. The van der Waals surface area contributed by atoms with Crippen molar-refractivity contribution in [3.8, 4) is 0 Å². The Labute approximate surface area is 98.5 Å². The average molecular weight is 244 g/mol. The molecule has 1 aromatic heterocycles. The second kappa shape index (κ2) is 4.94. The van der Waals surface area contributed by atoms with Crippen LogP contribution in [-0.2, 0) is 6.18 Å². The molecule has 17 heavy (non-hydrogen) atoms. The normalized spacial score (nSPS) is 17.9. The van der Waals surface area contributed by atoms with Gasteiger partial charge in [0, 0.05) is 13.1 Å². The van der Waals surface area contributed by atoms with E-state index in [1.807, 2.05) is 0 Å². The highest BCUT2D eigenvalue weighted by atomic mass is 19.4. The third-order valence-electron chi connectivity index (χ3n) is 3.01. The summed E-state index contributed by atoms with van der Waals surface area (Å²) in [5, 5.41) is 0. The van der Waals surface area contributed by atoms with Crippen molar-refractivity contribution in [2.75, 3.05) is 18.0 Å². The minimum atomic E-state index is -4.35. The fraction of sp³-hybridized carbons (Fsp3) is 0.583. The van der Waals surface area contributed by atoms with Crippen molar-refractivity contribution < 1.29 is 13.2 Å². The van der Waals surface area contributed by atoms with Crippen molar-refractivity contribution in [2.24, 2.45) is 0 Å². The number of hydrogen-bond donors (Lipinski definition) is 0. The topological polar surface area (TPSA) is 16.1 Å². The van der Waals surface area contributed by atoms with Crippen molar-refractivity contribution in [2.45, 2.75) is 31.9 Å². The molecular formula is C12H15F3N2. The monoisotopic (exact) mass is 244 g/mol. The van der Waals surface area contributed by atoms with Gasteiger partial charge in [-0.15, -0.1) is 0 Å².